The summed E-state index contributed by atoms with van der Waals surface area (Å²) in [6, 6.07) is 5.69. The maximum atomic E-state index is 13.7. The van der Waals surface area contributed by atoms with Gasteiger partial charge in [0.1, 0.15) is 0 Å². The van der Waals surface area contributed by atoms with Gasteiger partial charge in [0, 0.05) is 57.4 Å². The van der Waals surface area contributed by atoms with Crippen molar-refractivity contribution < 1.29 is 4.79 Å². The fourth-order valence-corrected chi connectivity index (χ4v) is 4.32. The van der Waals surface area contributed by atoms with Crippen molar-refractivity contribution in [3.63, 3.8) is 0 Å². The number of nitrogens with zero attached hydrogens (tertiary/aromatic N) is 5. The molecule has 9 nitrogen and oxygen atoms in total. The zero-order valence-electron chi connectivity index (χ0n) is 20.2. The number of aromatic amines is 1. The molecule has 1 aliphatic rings. The highest BCUT2D eigenvalue weighted by molar-refractivity contribution is 6.05. The molecule has 1 saturated heterocycles. The van der Waals surface area contributed by atoms with Crippen LogP contribution < -0.4 is 11.2 Å². The normalized spacial score (nSPS) is 14.9. The highest BCUT2D eigenvalue weighted by Crippen LogP contribution is 2.22. The van der Waals surface area contributed by atoms with Crippen molar-refractivity contribution in [2.45, 2.75) is 46.7 Å². The predicted octanol–water partition coefficient (Wildman–Crippen LogP) is 2.22. The lowest BCUT2D eigenvalue weighted by Crippen LogP contribution is -2.48. The summed E-state index contributed by atoms with van der Waals surface area (Å²) in [5.74, 6) is 0.00749. The van der Waals surface area contributed by atoms with Crippen molar-refractivity contribution in [1.29, 1.82) is 0 Å². The van der Waals surface area contributed by atoms with Crippen LogP contribution in [-0.4, -0.2) is 61.4 Å². The van der Waals surface area contributed by atoms with Crippen LogP contribution >= 0.6 is 0 Å². The molecule has 3 aromatic rings. The standard InChI is InChI=1S/C25H32N6O3/c1-16(2)14-31-22-21(23(32)28-25(31)34)19(12-20(27-22)17(3)4)24(33)30-10-8-29(9-11-30)15-18-6-5-7-26-13-18/h5-7,12-13,16-17H,8-11,14-15H2,1-4H3,(H,28,32,34). The Morgan fingerprint density at radius 1 is 1.12 bits per heavy atom. The average Bonchev–Trinajstić information content (AvgIpc) is 2.81. The van der Waals surface area contributed by atoms with Crippen LogP contribution in [0.2, 0.25) is 0 Å². The fourth-order valence-electron chi connectivity index (χ4n) is 4.32. The summed E-state index contributed by atoms with van der Waals surface area (Å²) in [6.07, 6.45) is 3.62. The summed E-state index contributed by atoms with van der Waals surface area (Å²) in [5, 5.41) is 0.187. The van der Waals surface area contributed by atoms with Gasteiger partial charge in [0.2, 0.25) is 0 Å². The highest BCUT2D eigenvalue weighted by atomic mass is 16.2. The van der Waals surface area contributed by atoms with Gasteiger partial charge in [0.05, 0.1) is 10.9 Å². The Hall–Kier alpha value is -3.33. The van der Waals surface area contributed by atoms with Gasteiger partial charge in [-0.05, 0) is 29.5 Å². The van der Waals surface area contributed by atoms with Crippen LogP contribution in [-0.2, 0) is 13.1 Å². The molecule has 0 aromatic carbocycles. The van der Waals surface area contributed by atoms with Crippen molar-refractivity contribution in [2.75, 3.05) is 26.2 Å². The Morgan fingerprint density at radius 2 is 1.85 bits per heavy atom. The van der Waals surface area contributed by atoms with E-state index in [-0.39, 0.29) is 28.8 Å². The van der Waals surface area contributed by atoms with Crippen LogP contribution in [0.15, 0.2) is 40.2 Å². The molecule has 1 aliphatic heterocycles. The number of rotatable bonds is 6. The molecule has 0 aliphatic carbocycles. The first-order chi connectivity index (χ1) is 16.2. The Labute approximate surface area is 198 Å². The molecule has 9 heteroatoms. The minimum Gasteiger partial charge on any atom is -0.336 e. The van der Waals surface area contributed by atoms with Crippen LogP contribution in [0.3, 0.4) is 0 Å². The van der Waals surface area contributed by atoms with Crippen molar-refractivity contribution in [3.05, 3.63) is 68.3 Å². The summed E-state index contributed by atoms with van der Waals surface area (Å²) < 4.78 is 1.48. The monoisotopic (exact) mass is 464 g/mol. The summed E-state index contributed by atoms with van der Waals surface area (Å²) >= 11 is 0. The van der Waals surface area contributed by atoms with Gasteiger partial charge >= 0.3 is 5.69 Å². The maximum Gasteiger partial charge on any atom is 0.330 e. The van der Waals surface area contributed by atoms with E-state index in [0.717, 1.165) is 25.2 Å². The van der Waals surface area contributed by atoms with Crippen molar-refractivity contribution >= 4 is 16.9 Å². The Kier molecular flexibility index (Phi) is 6.92. The van der Waals surface area contributed by atoms with Crippen molar-refractivity contribution in [1.82, 2.24) is 29.3 Å². The molecule has 1 amide bonds. The SMILES string of the molecule is CC(C)Cn1c(=O)[nH]c(=O)c2c(C(=O)N3CCN(Cc4cccnc4)CC3)cc(C(C)C)nc21. The minimum atomic E-state index is -0.568. The quantitative estimate of drug-likeness (QED) is 0.600. The van der Waals surface area contributed by atoms with Gasteiger partial charge in [-0.3, -0.25) is 29.0 Å². The molecule has 4 heterocycles. The third-order valence-corrected chi connectivity index (χ3v) is 6.13. The summed E-state index contributed by atoms with van der Waals surface area (Å²) in [5.41, 5.74) is 1.36. The molecule has 4 rings (SSSR count). The maximum absolute atomic E-state index is 13.7. The van der Waals surface area contributed by atoms with Gasteiger partial charge in [-0.25, -0.2) is 9.78 Å². The van der Waals surface area contributed by atoms with E-state index in [9.17, 15) is 14.4 Å². The van der Waals surface area contributed by atoms with Crippen molar-refractivity contribution in [2.24, 2.45) is 5.92 Å². The lowest BCUT2D eigenvalue weighted by atomic mass is 10.0. The summed E-state index contributed by atoms with van der Waals surface area (Å²) in [6.45, 7) is 11.7. The first kappa shape index (κ1) is 23.8. The number of carbonyl (C=O) groups excluding carboxylic acids is 1. The lowest BCUT2D eigenvalue weighted by molar-refractivity contribution is 0.0630. The Balaban J connectivity index is 1.67. The van der Waals surface area contributed by atoms with Crippen LogP contribution in [0.4, 0.5) is 0 Å². The number of aromatic nitrogens is 4. The number of fused-ring (bicyclic) bond motifs is 1. The first-order valence-electron chi connectivity index (χ1n) is 11.8. The van der Waals surface area contributed by atoms with Gasteiger partial charge < -0.3 is 4.90 Å². The zero-order valence-corrected chi connectivity index (χ0v) is 20.2. The molecular formula is C25H32N6O3. The predicted molar refractivity (Wildman–Crippen MR) is 131 cm³/mol. The van der Waals surface area contributed by atoms with Gasteiger partial charge in [-0.2, -0.15) is 0 Å². The van der Waals surface area contributed by atoms with Crippen LogP contribution in [0.25, 0.3) is 11.0 Å². The number of hydrogen-bond acceptors (Lipinski definition) is 6. The number of amides is 1. The van der Waals surface area contributed by atoms with Crippen molar-refractivity contribution in [3.8, 4) is 0 Å². The fraction of sp³-hybridized carbons (Fsp3) is 0.480. The third-order valence-electron chi connectivity index (χ3n) is 6.13. The number of nitrogens with one attached hydrogen (secondary N) is 1. The molecule has 0 atom stereocenters. The van der Waals surface area contributed by atoms with Gasteiger partial charge in [0.25, 0.3) is 11.5 Å². The second-order valence-corrected chi connectivity index (χ2v) is 9.64. The van der Waals surface area contributed by atoms with E-state index in [1.165, 1.54) is 4.57 Å². The number of H-pyrrole nitrogens is 1. The number of carbonyl (C=O) groups is 1. The molecule has 0 unspecified atom stereocenters. The number of piperazine rings is 1. The summed E-state index contributed by atoms with van der Waals surface area (Å²) in [7, 11) is 0. The smallest absolute Gasteiger partial charge is 0.330 e. The lowest BCUT2D eigenvalue weighted by Gasteiger charge is -2.35. The molecule has 0 saturated carbocycles. The van der Waals surface area contributed by atoms with E-state index in [4.69, 9.17) is 0 Å². The summed E-state index contributed by atoms with van der Waals surface area (Å²) in [4.78, 5) is 54.4. The van der Waals surface area contributed by atoms with E-state index in [1.807, 2.05) is 46.0 Å². The molecular weight excluding hydrogens is 432 g/mol. The molecule has 1 fully saturated rings. The number of hydrogen-bond donors (Lipinski definition) is 1. The molecule has 34 heavy (non-hydrogen) atoms. The molecule has 180 valence electrons. The van der Waals surface area contributed by atoms with Gasteiger partial charge in [0.15, 0.2) is 5.65 Å². The minimum absolute atomic E-state index is 0.0363. The second kappa shape index (κ2) is 9.89. The highest BCUT2D eigenvalue weighted by Gasteiger charge is 2.27. The Morgan fingerprint density at radius 3 is 2.47 bits per heavy atom. The van der Waals surface area contributed by atoms with Crippen LogP contribution in [0.5, 0.6) is 0 Å². The topological polar surface area (TPSA) is 104 Å². The number of pyridine rings is 2. The zero-order chi connectivity index (χ0) is 24.4. The van der Waals surface area contributed by atoms with Crippen LogP contribution in [0, 0.1) is 5.92 Å². The van der Waals surface area contributed by atoms with E-state index in [2.05, 4.69) is 19.9 Å². The molecule has 0 spiro atoms. The molecule has 3 aromatic heterocycles. The second-order valence-electron chi connectivity index (χ2n) is 9.64. The average molecular weight is 465 g/mol. The van der Waals surface area contributed by atoms with E-state index >= 15 is 0 Å². The van der Waals surface area contributed by atoms with Crippen LogP contribution in [0.1, 0.15) is 55.2 Å². The van der Waals surface area contributed by atoms with E-state index < -0.39 is 11.2 Å². The van der Waals surface area contributed by atoms with Gasteiger partial charge in [-0.1, -0.05) is 33.8 Å². The third kappa shape index (κ3) is 4.94. The van der Waals surface area contributed by atoms with E-state index in [0.29, 0.717) is 30.9 Å². The first-order valence-corrected chi connectivity index (χ1v) is 11.8. The van der Waals surface area contributed by atoms with E-state index in [1.54, 1.807) is 17.2 Å². The molecule has 1 N–H and O–H groups in total. The molecule has 0 radical (unpaired) electrons. The Bertz CT molecular complexity index is 1290. The van der Waals surface area contributed by atoms with Gasteiger partial charge in [-0.15, -0.1) is 0 Å². The molecule has 0 bridgehead atoms. The largest absolute Gasteiger partial charge is 0.336 e.